The molecule has 1 aromatic rings. The van der Waals surface area contributed by atoms with Gasteiger partial charge in [0.05, 0.1) is 0 Å². The van der Waals surface area contributed by atoms with E-state index >= 15 is 0 Å². The average molecular weight is 274 g/mol. The highest BCUT2D eigenvalue weighted by molar-refractivity contribution is 9.09. The molecule has 0 aliphatic heterocycles. The number of halogens is 1. The molecule has 0 N–H and O–H groups in total. The molecule has 1 saturated carbocycles. The summed E-state index contributed by atoms with van der Waals surface area (Å²) in [5, 5.41) is 3.26. The van der Waals surface area contributed by atoms with Crippen LogP contribution < -0.4 is 0 Å². The van der Waals surface area contributed by atoms with Gasteiger partial charge in [0.25, 0.3) is 0 Å². The molecule has 1 heterocycles. The van der Waals surface area contributed by atoms with Gasteiger partial charge in [0.15, 0.2) is 0 Å². The minimum absolute atomic E-state index is 0.856. The zero-order chi connectivity index (χ0) is 9.80. The second-order valence-corrected chi connectivity index (χ2v) is 5.65. The van der Waals surface area contributed by atoms with E-state index in [1.165, 1.54) is 30.7 Å². The van der Waals surface area contributed by atoms with E-state index in [0.717, 1.165) is 17.9 Å². The van der Waals surface area contributed by atoms with Crippen molar-refractivity contribution in [1.82, 2.24) is 4.90 Å². The fourth-order valence-electron chi connectivity index (χ4n) is 1.85. The molecule has 0 spiro atoms. The molecule has 0 amide bonds. The van der Waals surface area contributed by atoms with E-state index in [2.05, 4.69) is 38.3 Å². The largest absolute Gasteiger partial charge is 0.294 e. The Kier molecular flexibility index (Phi) is 4.02. The van der Waals surface area contributed by atoms with Crippen molar-refractivity contribution >= 4 is 27.3 Å². The van der Waals surface area contributed by atoms with Gasteiger partial charge in [0, 0.05) is 29.3 Å². The quantitative estimate of drug-likeness (QED) is 0.743. The van der Waals surface area contributed by atoms with Crippen molar-refractivity contribution in [3.8, 4) is 0 Å². The molecular formula is C11H16BrNS. The topological polar surface area (TPSA) is 3.24 Å². The first-order valence-corrected chi connectivity index (χ1v) is 7.22. The highest BCUT2D eigenvalue weighted by Crippen LogP contribution is 2.26. The Balaban J connectivity index is 1.89. The van der Waals surface area contributed by atoms with Crippen molar-refractivity contribution in [1.29, 1.82) is 0 Å². The number of nitrogens with zero attached hydrogens (tertiary/aromatic N) is 1. The Morgan fingerprint density at radius 2 is 2.36 bits per heavy atom. The Morgan fingerprint density at radius 3 is 2.86 bits per heavy atom. The lowest BCUT2D eigenvalue weighted by atomic mass is 9.91. The van der Waals surface area contributed by atoms with E-state index in [1.807, 2.05) is 11.3 Å². The van der Waals surface area contributed by atoms with Crippen molar-refractivity contribution in [2.24, 2.45) is 0 Å². The summed E-state index contributed by atoms with van der Waals surface area (Å²) in [6, 6.07) is 5.24. The molecule has 2 rings (SSSR count). The lowest BCUT2D eigenvalue weighted by molar-refractivity contribution is 0.129. The van der Waals surface area contributed by atoms with E-state index in [4.69, 9.17) is 0 Å². The summed E-state index contributed by atoms with van der Waals surface area (Å²) < 4.78 is 0. The minimum Gasteiger partial charge on any atom is -0.294 e. The van der Waals surface area contributed by atoms with Gasteiger partial charge >= 0.3 is 0 Å². The molecule has 0 saturated heterocycles. The maximum Gasteiger partial charge on any atom is 0.0331 e. The number of thiophene rings is 1. The first-order valence-electron chi connectivity index (χ1n) is 5.22. The summed E-state index contributed by atoms with van der Waals surface area (Å²) in [5.74, 6) is 0. The number of hydrogen-bond donors (Lipinski definition) is 0. The third kappa shape index (κ3) is 2.59. The molecule has 1 aliphatic carbocycles. The van der Waals surface area contributed by atoms with Crippen LogP contribution in [0.15, 0.2) is 17.5 Å². The molecule has 0 radical (unpaired) electrons. The second-order valence-electron chi connectivity index (χ2n) is 3.82. The van der Waals surface area contributed by atoms with Crippen LogP contribution in [0.25, 0.3) is 0 Å². The van der Waals surface area contributed by atoms with Crippen molar-refractivity contribution in [2.75, 3.05) is 11.9 Å². The Morgan fingerprint density at radius 1 is 1.50 bits per heavy atom. The van der Waals surface area contributed by atoms with Gasteiger partial charge in [0.2, 0.25) is 0 Å². The van der Waals surface area contributed by atoms with E-state index in [0.29, 0.717) is 0 Å². The van der Waals surface area contributed by atoms with Crippen LogP contribution in [0.5, 0.6) is 0 Å². The Bertz CT molecular complexity index is 256. The van der Waals surface area contributed by atoms with Crippen molar-refractivity contribution in [3.05, 3.63) is 22.4 Å². The summed E-state index contributed by atoms with van der Waals surface area (Å²) in [6.45, 7) is 2.33. The van der Waals surface area contributed by atoms with Crippen LogP contribution in [-0.2, 0) is 6.54 Å². The highest BCUT2D eigenvalue weighted by atomic mass is 79.9. The van der Waals surface area contributed by atoms with Crippen molar-refractivity contribution in [3.63, 3.8) is 0 Å². The van der Waals surface area contributed by atoms with Crippen LogP contribution in [0.1, 0.15) is 24.1 Å². The third-order valence-electron chi connectivity index (χ3n) is 2.90. The molecule has 1 aromatic heterocycles. The maximum absolute atomic E-state index is 3.54. The van der Waals surface area contributed by atoms with Crippen LogP contribution in [0, 0.1) is 0 Å². The fourth-order valence-corrected chi connectivity index (χ4v) is 3.04. The molecule has 14 heavy (non-hydrogen) atoms. The molecule has 78 valence electrons. The van der Waals surface area contributed by atoms with E-state index in [-0.39, 0.29) is 0 Å². The fraction of sp³-hybridized carbons (Fsp3) is 0.636. The van der Waals surface area contributed by atoms with E-state index < -0.39 is 0 Å². The molecule has 1 aliphatic rings. The van der Waals surface area contributed by atoms with E-state index in [9.17, 15) is 0 Å². The van der Waals surface area contributed by atoms with Gasteiger partial charge in [-0.2, -0.15) is 0 Å². The predicted octanol–water partition coefficient (Wildman–Crippen LogP) is 3.50. The van der Waals surface area contributed by atoms with Gasteiger partial charge in [-0.15, -0.1) is 11.3 Å². The minimum atomic E-state index is 0.856. The van der Waals surface area contributed by atoms with Gasteiger partial charge in [-0.3, -0.25) is 4.90 Å². The van der Waals surface area contributed by atoms with Gasteiger partial charge < -0.3 is 0 Å². The monoisotopic (exact) mass is 273 g/mol. The summed E-state index contributed by atoms with van der Waals surface area (Å²) >= 11 is 5.41. The molecule has 3 heteroatoms. The van der Waals surface area contributed by atoms with Gasteiger partial charge in [0.1, 0.15) is 0 Å². The molecule has 0 unspecified atom stereocenters. The summed E-state index contributed by atoms with van der Waals surface area (Å²) in [6.07, 6.45) is 4.23. The normalized spacial score (nSPS) is 17.3. The summed E-state index contributed by atoms with van der Waals surface area (Å²) in [7, 11) is 0. The van der Waals surface area contributed by atoms with Gasteiger partial charge in [-0.1, -0.05) is 28.4 Å². The summed E-state index contributed by atoms with van der Waals surface area (Å²) in [5.41, 5.74) is 0. The molecule has 1 fully saturated rings. The highest BCUT2D eigenvalue weighted by Gasteiger charge is 2.24. The van der Waals surface area contributed by atoms with E-state index in [1.54, 1.807) is 0 Å². The number of alkyl halides is 1. The van der Waals surface area contributed by atoms with Crippen LogP contribution >= 0.6 is 27.3 Å². The standard InChI is InChI=1S/C11H16BrNS/c12-6-7-13(10-3-1-4-10)9-11-5-2-8-14-11/h2,5,8,10H,1,3-4,6-7,9H2. The van der Waals surface area contributed by atoms with Crippen LogP contribution in [0.3, 0.4) is 0 Å². The molecule has 0 bridgehead atoms. The maximum atomic E-state index is 3.54. The molecule has 0 aromatic carbocycles. The average Bonchev–Trinajstić information content (AvgIpc) is 2.54. The first kappa shape index (κ1) is 10.7. The van der Waals surface area contributed by atoms with Crippen LogP contribution in [0.4, 0.5) is 0 Å². The van der Waals surface area contributed by atoms with Crippen LogP contribution in [-0.4, -0.2) is 22.8 Å². The lowest BCUT2D eigenvalue weighted by Crippen LogP contribution is -2.40. The second kappa shape index (κ2) is 5.29. The lowest BCUT2D eigenvalue weighted by Gasteiger charge is -2.37. The Labute approximate surface area is 98.2 Å². The summed E-state index contributed by atoms with van der Waals surface area (Å²) in [4.78, 5) is 4.11. The predicted molar refractivity (Wildman–Crippen MR) is 66.2 cm³/mol. The zero-order valence-corrected chi connectivity index (χ0v) is 10.7. The third-order valence-corrected chi connectivity index (χ3v) is 4.12. The SMILES string of the molecule is BrCCN(Cc1cccs1)C1CCC1. The van der Waals surface area contributed by atoms with Crippen molar-refractivity contribution in [2.45, 2.75) is 31.8 Å². The van der Waals surface area contributed by atoms with Gasteiger partial charge in [-0.25, -0.2) is 0 Å². The van der Waals surface area contributed by atoms with Crippen LogP contribution in [0.2, 0.25) is 0 Å². The zero-order valence-electron chi connectivity index (χ0n) is 8.29. The first-order chi connectivity index (χ1) is 6.90. The molecular weight excluding hydrogens is 258 g/mol. The number of rotatable bonds is 5. The van der Waals surface area contributed by atoms with Crippen molar-refractivity contribution < 1.29 is 0 Å². The smallest absolute Gasteiger partial charge is 0.0331 e. The number of hydrogen-bond acceptors (Lipinski definition) is 2. The molecule has 1 nitrogen and oxygen atoms in total. The Hall–Kier alpha value is 0.140. The molecule has 0 atom stereocenters. The van der Waals surface area contributed by atoms with Gasteiger partial charge in [-0.05, 0) is 24.3 Å².